The molecule has 1 aliphatic rings. The van der Waals surface area contributed by atoms with Crippen LogP contribution in [0.5, 0.6) is 0 Å². The summed E-state index contributed by atoms with van der Waals surface area (Å²) in [5.41, 5.74) is 2.07. The molecule has 0 saturated heterocycles. The van der Waals surface area contributed by atoms with Gasteiger partial charge in [-0.25, -0.2) is 4.98 Å². The third kappa shape index (κ3) is 5.63. The van der Waals surface area contributed by atoms with Crippen molar-refractivity contribution < 1.29 is 9.21 Å². The molecular weight excluding hydrogens is 369 g/mol. The Morgan fingerprint density at radius 2 is 2.25 bits per heavy atom. The van der Waals surface area contributed by atoms with Gasteiger partial charge in [-0.05, 0) is 32.0 Å². The van der Waals surface area contributed by atoms with Crippen LogP contribution in [0.3, 0.4) is 0 Å². The Morgan fingerprint density at radius 1 is 1.42 bits per heavy atom. The molecule has 0 aliphatic carbocycles. The summed E-state index contributed by atoms with van der Waals surface area (Å²) in [6.07, 6.45) is 3.45. The van der Waals surface area contributed by atoms with Crippen molar-refractivity contribution >= 4 is 42.1 Å². The summed E-state index contributed by atoms with van der Waals surface area (Å²) in [7, 11) is 0. The number of carbonyl (C=O) groups excluding carboxylic acids is 1. The lowest BCUT2D eigenvalue weighted by Crippen LogP contribution is -2.30. The van der Waals surface area contributed by atoms with Gasteiger partial charge in [0, 0.05) is 18.5 Å². The van der Waals surface area contributed by atoms with Gasteiger partial charge < -0.3 is 15.1 Å². The minimum atomic E-state index is 0. The number of aryl methyl sites for hydroxylation is 1. The highest BCUT2D eigenvalue weighted by atomic mass is 35.5. The van der Waals surface area contributed by atoms with E-state index in [0.717, 1.165) is 41.7 Å². The van der Waals surface area contributed by atoms with Crippen LogP contribution in [-0.4, -0.2) is 30.5 Å². The van der Waals surface area contributed by atoms with Gasteiger partial charge in [0.25, 0.3) is 0 Å². The number of hydrogen-bond acceptors (Lipinski definition) is 5. The molecule has 2 aromatic heterocycles. The highest BCUT2D eigenvalue weighted by molar-refractivity contribution is 7.13. The molecule has 1 aliphatic heterocycles. The second kappa shape index (κ2) is 9.84. The number of thiazole rings is 1. The molecule has 24 heavy (non-hydrogen) atoms. The van der Waals surface area contributed by atoms with E-state index in [1.807, 2.05) is 24.4 Å². The Hall–Kier alpha value is -1.34. The number of halogens is 2. The van der Waals surface area contributed by atoms with Gasteiger partial charge in [0.2, 0.25) is 5.91 Å². The first-order valence-electron chi connectivity index (χ1n) is 7.37. The van der Waals surface area contributed by atoms with Gasteiger partial charge in [-0.15, -0.1) is 36.2 Å². The van der Waals surface area contributed by atoms with E-state index in [2.05, 4.69) is 21.7 Å². The Balaban J connectivity index is 0.00000144. The maximum Gasteiger partial charge on any atom is 0.226 e. The van der Waals surface area contributed by atoms with Gasteiger partial charge in [-0.3, -0.25) is 4.79 Å². The topological polar surface area (TPSA) is 67.2 Å². The van der Waals surface area contributed by atoms with E-state index in [4.69, 9.17) is 4.42 Å². The first-order valence-corrected chi connectivity index (χ1v) is 8.25. The molecule has 0 spiro atoms. The molecule has 5 nitrogen and oxygen atoms in total. The zero-order chi connectivity index (χ0) is 15.4. The first kappa shape index (κ1) is 20.7. The van der Waals surface area contributed by atoms with Crippen molar-refractivity contribution in [2.75, 3.05) is 19.6 Å². The number of aromatic nitrogens is 1. The third-order valence-corrected chi connectivity index (χ3v) is 4.42. The smallest absolute Gasteiger partial charge is 0.226 e. The van der Waals surface area contributed by atoms with E-state index in [-0.39, 0.29) is 30.7 Å². The standard InChI is InChI=1S/C16H19N3O2S.2ClH/c1-11-2-3-14(21-11)16-19-13(10-22-16)8-15(20)18-9-12-4-6-17-7-5-12;;/h2-4,10,17H,5-9H2,1H3,(H,18,20);2*1H. The zero-order valence-electron chi connectivity index (χ0n) is 13.3. The van der Waals surface area contributed by atoms with Crippen LogP contribution >= 0.6 is 36.2 Å². The summed E-state index contributed by atoms with van der Waals surface area (Å²) >= 11 is 1.50. The van der Waals surface area contributed by atoms with Crippen molar-refractivity contribution in [3.8, 4) is 10.8 Å². The van der Waals surface area contributed by atoms with Crippen molar-refractivity contribution in [2.24, 2.45) is 0 Å². The molecule has 0 aromatic carbocycles. The molecule has 0 atom stereocenters. The number of hydrogen-bond donors (Lipinski definition) is 2. The van der Waals surface area contributed by atoms with E-state index < -0.39 is 0 Å². The van der Waals surface area contributed by atoms with Crippen molar-refractivity contribution in [3.05, 3.63) is 40.6 Å². The normalized spacial score (nSPS) is 13.5. The summed E-state index contributed by atoms with van der Waals surface area (Å²) in [5, 5.41) is 8.95. The fraction of sp³-hybridized carbons (Fsp3) is 0.375. The second-order valence-electron chi connectivity index (χ2n) is 5.32. The molecule has 3 rings (SSSR count). The molecule has 8 heteroatoms. The van der Waals surface area contributed by atoms with E-state index in [1.54, 1.807) is 0 Å². The zero-order valence-corrected chi connectivity index (χ0v) is 15.8. The van der Waals surface area contributed by atoms with Crippen LogP contribution in [0.25, 0.3) is 10.8 Å². The molecule has 0 bridgehead atoms. The molecule has 2 N–H and O–H groups in total. The molecular formula is C16H21Cl2N3O2S. The number of amides is 1. The largest absolute Gasteiger partial charge is 0.459 e. The minimum absolute atomic E-state index is 0. The lowest BCUT2D eigenvalue weighted by molar-refractivity contribution is -0.120. The van der Waals surface area contributed by atoms with Gasteiger partial charge >= 0.3 is 0 Å². The van der Waals surface area contributed by atoms with E-state index in [1.165, 1.54) is 16.9 Å². The fourth-order valence-electron chi connectivity index (χ4n) is 2.32. The van der Waals surface area contributed by atoms with Gasteiger partial charge in [-0.2, -0.15) is 0 Å². The second-order valence-corrected chi connectivity index (χ2v) is 6.18. The van der Waals surface area contributed by atoms with Gasteiger partial charge in [0.1, 0.15) is 5.76 Å². The number of nitrogens with zero attached hydrogens (tertiary/aromatic N) is 1. The molecule has 0 unspecified atom stereocenters. The summed E-state index contributed by atoms with van der Waals surface area (Å²) in [5.74, 6) is 1.63. The maximum atomic E-state index is 12.0. The Kier molecular flexibility index (Phi) is 8.48. The summed E-state index contributed by atoms with van der Waals surface area (Å²) in [6.45, 7) is 4.42. The molecule has 132 valence electrons. The molecule has 0 radical (unpaired) electrons. The van der Waals surface area contributed by atoms with Crippen LogP contribution in [0, 0.1) is 6.92 Å². The predicted octanol–water partition coefficient (Wildman–Crippen LogP) is 3.13. The molecule has 2 aromatic rings. The fourth-order valence-corrected chi connectivity index (χ4v) is 3.10. The van der Waals surface area contributed by atoms with Crippen LogP contribution in [-0.2, 0) is 11.2 Å². The van der Waals surface area contributed by atoms with Gasteiger partial charge in [-0.1, -0.05) is 11.6 Å². The maximum absolute atomic E-state index is 12.0. The van der Waals surface area contributed by atoms with Crippen molar-refractivity contribution in [2.45, 2.75) is 19.8 Å². The minimum Gasteiger partial charge on any atom is -0.459 e. The average Bonchev–Trinajstić information content (AvgIpc) is 3.15. The molecule has 3 heterocycles. The number of rotatable bonds is 5. The Labute approximate surface area is 157 Å². The van der Waals surface area contributed by atoms with Crippen molar-refractivity contribution in [1.29, 1.82) is 0 Å². The van der Waals surface area contributed by atoms with Crippen LogP contribution in [0.1, 0.15) is 17.9 Å². The molecule has 0 fully saturated rings. The Bertz CT molecular complexity index is 697. The van der Waals surface area contributed by atoms with E-state index >= 15 is 0 Å². The number of nitrogens with one attached hydrogen (secondary N) is 2. The number of carbonyl (C=O) groups is 1. The van der Waals surface area contributed by atoms with Gasteiger partial charge in [0.15, 0.2) is 10.8 Å². The summed E-state index contributed by atoms with van der Waals surface area (Å²) in [4.78, 5) is 16.5. The highest BCUT2D eigenvalue weighted by Crippen LogP contribution is 2.25. The van der Waals surface area contributed by atoms with Crippen LogP contribution < -0.4 is 10.6 Å². The summed E-state index contributed by atoms with van der Waals surface area (Å²) < 4.78 is 5.55. The first-order chi connectivity index (χ1) is 10.7. The van der Waals surface area contributed by atoms with Crippen LogP contribution in [0.15, 0.2) is 33.6 Å². The third-order valence-electron chi connectivity index (χ3n) is 3.52. The predicted molar refractivity (Wildman–Crippen MR) is 101 cm³/mol. The van der Waals surface area contributed by atoms with E-state index in [9.17, 15) is 4.79 Å². The monoisotopic (exact) mass is 389 g/mol. The van der Waals surface area contributed by atoms with Crippen molar-refractivity contribution in [1.82, 2.24) is 15.6 Å². The SMILES string of the molecule is Cc1ccc(-c2nc(CC(=O)NCC3=CCNCC3)cs2)o1.Cl.Cl. The lowest BCUT2D eigenvalue weighted by Gasteiger charge is -2.14. The summed E-state index contributed by atoms with van der Waals surface area (Å²) in [6, 6.07) is 3.82. The lowest BCUT2D eigenvalue weighted by atomic mass is 10.1. The van der Waals surface area contributed by atoms with E-state index in [0.29, 0.717) is 13.0 Å². The Morgan fingerprint density at radius 3 is 2.92 bits per heavy atom. The van der Waals surface area contributed by atoms with Crippen LogP contribution in [0.4, 0.5) is 0 Å². The number of furan rings is 1. The highest BCUT2D eigenvalue weighted by Gasteiger charge is 2.12. The molecule has 0 saturated carbocycles. The molecule has 1 amide bonds. The average molecular weight is 390 g/mol. The van der Waals surface area contributed by atoms with Crippen molar-refractivity contribution in [3.63, 3.8) is 0 Å². The van der Waals surface area contributed by atoms with Gasteiger partial charge in [0.05, 0.1) is 12.1 Å². The van der Waals surface area contributed by atoms with Crippen LogP contribution in [0.2, 0.25) is 0 Å². The quantitative estimate of drug-likeness (QED) is 0.770.